The quantitative estimate of drug-likeness (QED) is 0.284. The van der Waals surface area contributed by atoms with Crippen LogP contribution in [0, 0.1) is 0 Å². The second-order valence-electron chi connectivity index (χ2n) is 7.07. The van der Waals surface area contributed by atoms with Crippen molar-refractivity contribution in [3.8, 4) is 11.5 Å². The third kappa shape index (κ3) is 5.03. The summed E-state index contributed by atoms with van der Waals surface area (Å²) >= 11 is 0. The van der Waals surface area contributed by atoms with Gasteiger partial charge in [-0.1, -0.05) is 36.4 Å². The maximum atomic E-state index is 13.0. The predicted octanol–water partition coefficient (Wildman–Crippen LogP) is 4.34. The van der Waals surface area contributed by atoms with Gasteiger partial charge in [-0.2, -0.15) is 0 Å². The van der Waals surface area contributed by atoms with Crippen molar-refractivity contribution in [1.82, 2.24) is 0 Å². The summed E-state index contributed by atoms with van der Waals surface area (Å²) in [6.45, 7) is 0. The van der Waals surface area contributed by atoms with Crippen LogP contribution < -0.4 is 9.47 Å². The fourth-order valence-corrected chi connectivity index (χ4v) is 3.40. The van der Waals surface area contributed by atoms with Crippen LogP contribution in [0.3, 0.4) is 0 Å². The van der Waals surface area contributed by atoms with Gasteiger partial charge in [-0.3, -0.25) is 9.59 Å². The van der Waals surface area contributed by atoms with Crippen LogP contribution in [0.5, 0.6) is 11.5 Å². The average Bonchev–Trinajstić information content (AvgIpc) is 2.86. The smallest absolute Gasteiger partial charge is 0.337 e. The van der Waals surface area contributed by atoms with Gasteiger partial charge in [-0.05, 0) is 54.3 Å². The Morgan fingerprint density at radius 1 is 0.688 bits per heavy atom. The number of methoxy groups -OCH3 is 3. The van der Waals surface area contributed by atoms with Crippen LogP contribution in [0.15, 0.2) is 66.7 Å². The average molecular weight is 432 g/mol. The molecule has 0 aliphatic heterocycles. The summed E-state index contributed by atoms with van der Waals surface area (Å²) < 4.78 is 15.1. The number of hydrogen-bond acceptors (Lipinski definition) is 6. The van der Waals surface area contributed by atoms with Gasteiger partial charge < -0.3 is 14.2 Å². The molecule has 0 atom stereocenters. The Morgan fingerprint density at radius 2 is 1.34 bits per heavy atom. The van der Waals surface area contributed by atoms with Gasteiger partial charge in [0.2, 0.25) is 11.6 Å². The molecule has 0 saturated carbocycles. The van der Waals surface area contributed by atoms with E-state index in [1.165, 1.54) is 27.4 Å². The molecular formula is C26H24O6. The van der Waals surface area contributed by atoms with E-state index < -0.39 is 11.6 Å². The minimum atomic E-state index is -0.610. The molecule has 0 spiro atoms. The Labute approximate surface area is 186 Å². The summed E-state index contributed by atoms with van der Waals surface area (Å²) in [5.74, 6) is -0.708. The van der Waals surface area contributed by atoms with Crippen LogP contribution in [0.25, 0.3) is 0 Å². The van der Waals surface area contributed by atoms with Gasteiger partial charge in [-0.25, -0.2) is 4.79 Å². The standard InChI is InChI=1S/C26H24O6/c1-30-22-15-14-20(16-23(22)31-2)24(27)25(28)21-7-5-4-6-18(21)11-8-17-9-12-19(13-10-17)26(29)32-3/h4-7,9-10,12-16H,8,11H2,1-3H3. The van der Waals surface area contributed by atoms with E-state index in [-0.39, 0.29) is 11.5 Å². The van der Waals surface area contributed by atoms with E-state index in [0.717, 1.165) is 11.1 Å². The van der Waals surface area contributed by atoms with Crippen molar-refractivity contribution in [2.45, 2.75) is 12.8 Å². The molecule has 3 aromatic rings. The maximum Gasteiger partial charge on any atom is 0.337 e. The van der Waals surface area contributed by atoms with Gasteiger partial charge in [0.25, 0.3) is 0 Å². The number of esters is 1. The number of hydrogen-bond donors (Lipinski definition) is 0. The molecule has 6 heteroatoms. The molecule has 0 aliphatic rings. The highest BCUT2D eigenvalue weighted by Crippen LogP contribution is 2.28. The van der Waals surface area contributed by atoms with Crippen molar-refractivity contribution in [1.29, 1.82) is 0 Å². The molecule has 6 nitrogen and oxygen atoms in total. The zero-order valence-corrected chi connectivity index (χ0v) is 18.2. The molecule has 0 saturated heterocycles. The number of benzene rings is 3. The topological polar surface area (TPSA) is 78.9 Å². The molecule has 3 rings (SSSR count). The van der Waals surface area contributed by atoms with Gasteiger partial charge in [0.15, 0.2) is 11.5 Å². The molecule has 0 N–H and O–H groups in total. The van der Waals surface area contributed by atoms with E-state index in [4.69, 9.17) is 14.2 Å². The number of ketones is 2. The van der Waals surface area contributed by atoms with Gasteiger partial charge in [-0.15, -0.1) is 0 Å². The number of aryl methyl sites for hydroxylation is 2. The Bertz CT molecular complexity index is 1130. The fraction of sp³-hybridized carbons (Fsp3) is 0.192. The van der Waals surface area contributed by atoms with Gasteiger partial charge in [0.1, 0.15) is 0 Å². The lowest BCUT2D eigenvalue weighted by Gasteiger charge is -2.11. The molecule has 32 heavy (non-hydrogen) atoms. The molecule has 0 aromatic heterocycles. The van der Waals surface area contributed by atoms with Gasteiger partial charge >= 0.3 is 5.97 Å². The number of carbonyl (C=O) groups excluding carboxylic acids is 3. The first-order valence-electron chi connectivity index (χ1n) is 10.0. The fourth-order valence-electron chi connectivity index (χ4n) is 3.40. The van der Waals surface area contributed by atoms with E-state index in [1.54, 1.807) is 36.4 Å². The Kier molecular flexibility index (Phi) is 7.39. The summed E-state index contributed by atoms with van der Waals surface area (Å²) in [7, 11) is 4.32. The van der Waals surface area contributed by atoms with Crippen molar-refractivity contribution in [3.05, 3.63) is 94.5 Å². The SMILES string of the molecule is COC(=O)c1ccc(CCc2ccccc2C(=O)C(=O)c2ccc(OC)c(OC)c2)cc1. The molecule has 0 amide bonds. The molecule has 3 aromatic carbocycles. The van der Waals surface area contributed by atoms with Crippen LogP contribution in [0.2, 0.25) is 0 Å². The Hall–Kier alpha value is -3.93. The minimum Gasteiger partial charge on any atom is -0.493 e. The minimum absolute atomic E-state index is 0.237. The zero-order valence-electron chi connectivity index (χ0n) is 18.2. The number of ether oxygens (including phenoxy) is 3. The van der Waals surface area contributed by atoms with Crippen LogP contribution >= 0.6 is 0 Å². The first-order valence-corrected chi connectivity index (χ1v) is 10.0. The lowest BCUT2D eigenvalue weighted by atomic mass is 9.93. The summed E-state index contributed by atoms with van der Waals surface area (Å²) in [6, 6.07) is 18.9. The van der Waals surface area contributed by atoms with Crippen LogP contribution in [0.4, 0.5) is 0 Å². The van der Waals surface area contributed by atoms with Crippen molar-refractivity contribution in [2.75, 3.05) is 21.3 Å². The lowest BCUT2D eigenvalue weighted by Crippen LogP contribution is -2.17. The summed E-state index contributed by atoms with van der Waals surface area (Å²) in [4.78, 5) is 37.5. The third-order valence-electron chi connectivity index (χ3n) is 5.17. The monoisotopic (exact) mass is 432 g/mol. The number of Topliss-reactive ketones (excluding diaryl/α,β-unsaturated/α-hetero) is 2. The highest BCUT2D eigenvalue weighted by atomic mass is 16.5. The second-order valence-corrected chi connectivity index (χ2v) is 7.07. The maximum absolute atomic E-state index is 13.0. The molecule has 164 valence electrons. The van der Waals surface area contributed by atoms with Gasteiger partial charge in [0, 0.05) is 11.1 Å². The lowest BCUT2D eigenvalue weighted by molar-refractivity contribution is 0.0600. The van der Waals surface area contributed by atoms with Gasteiger partial charge in [0.05, 0.1) is 26.9 Å². The summed E-state index contributed by atoms with van der Waals surface area (Å²) in [6.07, 6.45) is 1.22. The van der Waals surface area contributed by atoms with Crippen LogP contribution in [0.1, 0.15) is 42.2 Å². The molecule has 0 aliphatic carbocycles. The normalized spacial score (nSPS) is 10.3. The van der Waals surface area contributed by atoms with E-state index >= 15 is 0 Å². The highest BCUT2D eigenvalue weighted by molar-refractivity contribution is 6.49. The molecule has 0 radical (unpaired) electrons. The van der Waals surface area contributed by atoms with Crippen LogP contribution in [-0.4, -0.2) is 38.9 Å². The highest BCUT2D eigenvalue weighted by Gasteiger charge is 2.22. The second kappa shape index (κ2) is 10.4. The largest absolute Gasteiger partial charge is 0.493 e. The first-order chi connectivity index (χ1) is 15.5. The molecule has 0 bridgehead atoms. The van der Waals surface area contributed by atoms with Crippen molar-refractivity contribution >= 4 is 17.5 Å². The molecule has 0 unspecified atom stereocenters. The predicted molar refractivity (Wildman–Crippen MR) is 120 cm³/mol. The number of carbonyl (C=O) groups is 3. The van der Waals surface area contributed by atoms with Crippen molar-refractivity contribution in [3.63, 3.8) is 0 Å². The van der Waals surface area contributed by atoms with Crippen molar-refractivity contribution < 1.29 is 28.6 Å². The zero-order chi connectivity index (χ0) is 23.1. The Balaban J connectivity index is 1.78. The molecular weight excluding hydrogens is 408 g/mol. The summed E-state index contributed by atoms with van der Waals surface area (Å²) in [5, 5.41) is 0. The summed E-state index contributed by atoms with van der Waals surface area (Å²) in [5.41, 5.74) is 2.88. The van der Waals surface area contributed by atoms with Crippen LogP contribution in [-0.2, 0) is 17.6 Å². The van der Waals surface area contributed by atoms with Crippen molar-refractivity contribution in [2.24, 2.45) is 0 Å². The van der Waals surface area contributed by atoms with E-state index in [9.17, 15) is 14.4 Å². The Morgan fingerprint density at radius 3 is 2.00 bits per heavy atom. The van der Waals surface area contributed by atoms with E-state index in [1.807, 2.05) is 24.3 Å². The molecule has 0 fully saturated rings. The number of rotatable bonds is 9. The van der Waals surface area contributed by atoms with E-state index in [2.05, 4.69) is 0 Å². The first kappa shape index (κ1) is 22.7. The third-order valence-corrected chi connectivity index (χ3v) is 5.17. The van der Waals surface area contributed by atoms with E-state index in [0.29, 0.717) is 35.5 Å². The molecule has 0 heterocycles.